The van der Waals surface area contributed by atoms with Crippen LogP contribution in [0.3, 0.4) is 0 Å². The van der Waals surface area contributed by atoms with Crippen molar-refractivity contribution in [2.75, 3.05) is 13.2 Å². The first-order chi connectivity index (χ1) is 7.72. The van der Waals surface area contributed by atoms with Gasteiger partial charge in [0, 0.05) is 6.54 Å². The second-order valence-electron chi connectivity index (χ2n) is 4.14. The molecule has 4 nitrogen and oxygen atoms in total. The van der Waals surface area contributed by atoms with E-state index in [4.69, 9.17) is 9.15 Å². The summed E-state index contributed by atoms with van der Waals surface area (Å²) in [5, 5.41) is 0. The molecule has 1 aromatic rings. The van der Waals surface area contributed by atoms with Crippen LogP contribution in [0, 0.1) is 0 Å². The normalized spacial score (nSPS) is 25.8. The summed E-state index contributed by atoms with van der Waals surface area (Å²) in [5.41, 5.74) is 0. The maximum absolute atomic E-state index is 12.2. The van der Waals surface area contributed by atoms with Gasteiger partial charge in [-0.1, -0.05) is 6.92 Å². The highest BCUT2D eigenvalue weighted by atomic mass is 16.5. The first-order valence-electron chi connectivity index (χ1n) is 5.68. The molecule has 0 bridgehead atoms. The third kappa shape index (κ3) is 2.11. The van der Waals surface area contributed by atoms with Crippen LogP contribution in [0.2, 0.25) is 0 Å². The van der Waals surface area contributed by atoms with Gasteiger partial charge in [-0.25, -0.2) is 0 Å². The molecular weight excluding hydrogens is 206 g/mol. The maximum Gasteiger partial charge on any atom is 0.289 e. The molecule has 0 N–H and O–H groups in total. The Morgan fingerprint density at radius 2 is 2.44 bits per heavy atom. The molecule has 1 saturated heterocycles. The van der Waals surface area contributed by atoms with Crippen molar-refractivity contribution in [1.82, 2.24) is 4.90 Å². The van der Waals surface area contributed by atoms with E-state index in [2.05, 4.69) is 6.92 Å². The number of carbonyl (C=O) groups is 1. The number of morpholine rings is 1. The molecule has 2 heterocycles. The maximum atomic E-state index is 12.2. The SMILES string of the molecule is CCC1COC(C)CN1C(=O)c1ccco1. The lowest BCUT2D eigenvalue weighted by Crippen LogP contribution is -2.51. The molecule has 2 unspecified atom stereocenters. The fourth-order valence-corrected chi connectivity index (χ4v) is 1.97. The number of furan rings is 1. The van der Waals surface area contributed by atoms with Gasteiger partial charge in [-0.05, 0) is 25.5 Å². The van der Waals surface area contributed by atoms with Crippen LogP contribution >= 0.6 is 0 Å². The first-order valence-corrected chi connectivity index (χ1v) is 5.68. The quantitative estimate of drug-likeness (QED) is 0.769. The van der Waals surface area contributed by atoms with Gasteiger partial charge in [0.1, 0.15) is 0 Å². The van der Waals surface area contributed by atoms with Crippen molar-refractivity contribution in [3.8, 4) is 0 Å². The van der Waals surface area contributed by atoms with Crippen LogP contribution in [0.25, 0.3) is 0 Å². The zero-order valence-corrected chi connectivity index (χ0v) is 9.68. The van der Waals surface area contributed by atoms with Gasteiger partial charge in [0.05, 0.1) is 25.0 Å². The van der Waals surface area contributed by atoms with E-state index in [1.165, 1.54) is 6.26 Å². The highest BCUT2D eigenvalue weighted by molar-refractivity contribution is 5.91. The molecule has 4 heteroatoms. The minimum atomic E-state index is -0.0352. The lowest BCUT2D eigenvalue weighted by molar-refractivity contribution is -0.0453. The van der Waals surface area contributed by atoms with Gasteiger partial charge in [0.15, 0.2) is 5.76 Å². The molecule has 0 spiro atoms. The Hall–Kier alpha value is -1.29. The number of ether oxygens (including phenoxy) is 1. The van der Waals surface area contributed by atoms with Gasteiger partial charge < -0.3 is 14.1 Å². The highest BCUT2D eigenvalue weighted by Crippen LogP contribution is 2.17. The molecule has 0 aliphatic carbocycles. The molecule has 88 valence electrons. The van der Waals surface area contributed by atoms with Crippen LogP contribution in [0.1, 0.15) is 30.8 Å². The summed E-state index contributed by atoms with van der Waals surface area (Å²) in [6, 6.07) is 3.60. The Labute approximate surface area is 95.2 Å². The van der Waals surface area contributed by atoms with E-state index in [-0.39, 0.29) is 18.1 Å². The second kappa shape index (κ2) is 4.70. The van der Waals surface area contributed by atoms with Gasteiger partial charge in [-0.3, -0.25) is 4.79 Å². The zero-order valence-electron chi connectivity index (χ0n) is 9.68. The molecule has 1 amide bonds. The molecule has 2 atom stereocenters. The van der Waals surface area contributed by atoms with Crippen LogP contribution in [0.5, 0.6) is 0 Å². The standard InChI is InChI=1S/C12H17NO3/c1-3-10-8-16-9(2)7-13(10)12(14)11-5-4-6-15-11/h4-6,9-10H,3,7-8H2,1-2H3. The molecule has 0 saturated carbocycles. The van der Waals surface area contributed by atoms with Gasteiger partial charge in [-0.15, -0.1) is 0 Å². The predicted octanol–water partition coefficient (Wildman–Crippen LogP) is 1.92. The van der Waals surface area contributed by atoms with Gasteiger partial charge >= 0.3 is 0 Å². The average molecular weight is 223 g/mol. The summed E-state index contributed by atoms with van der Waals surface area (Å²) in [4.78, 5) is 14.0. The number of amides is 1. The van der Waals surface area contributed by atoms with Crippen LogP contribution in [-0.2, 0) is 4.74 Å². The van der Waals surface area contributed by atoms with Gasteiger partial charge in [0.25, 0.3) is 5.91 Å². The molecule has 16 heavy (non-hydrogen) atoms. The summed E-state index contributed by atoms with van der Waals surface area (Å²) in [5.74, 6) is 0.375. The fraction of sp³-hybridized carbons (Fsp3) is 0.583. The zero-order chi connectivity index (χ0) is 11.5. The van der Waals surface area contributed by atoms with E-state index in [1.807, 2.05) is 11.8 Å². The molecule has 2 rings (SSSR count). The molecule has 1 aromatic heterocycles. The van der Waals surface area contributed by atoms with Crippen molar-refractivity contribution in [2.45, 2.75) is 32.4 Å². The van der Waals surface area contributed by atoms with Crippen molar-refractivity contribution < 1.29 is 13.9 Å². The van der Waals surface area contributed by atoms with Gasteiger partial charge in [-0.2, -0.15) is 0 Å². The number of hydrogen-bond donors (Lipinski definition) is 0. The topological polar surface area (TPSA) is 42.7 Å². The van der Waals surface area contributed by atoms with E-state index in [9.17, 15) is 4.79 Å². The molecule has 1 fully saturated rings. The summed E-state index contributed by atoms with van der Waals surface area (Å²) in [7, 11) is 0. The largest absolute Gasteiger partial charge is 0.459 e. The summed E-state index contributed by atoms with van der Waals surface area (Å²) < 4.78 is 10.7. The van der Waals surface area contributed by atoms with Crippen molar-refractivity contribution in [3.05, 3.63) is 24.2 Å². The molecule has 1 aliphatic heterocycles. The lowest BCUT2D eigenvalue weighted by Gasteiger charge is -2.37. The third-order valence-corrected chi connectivity index (χ3v) is 2.93. The third-order valence-electron chi connectivity index (χ3n) is 2.93. The predicted molar refractivity (Wildman–Crippen MR) is 59.2 cm³/mol. The minimum absolute atomic E-state index is 0.0352. The van der Waals surface area contributed by atoms with Crippen molar-refractivity contribution in [1.29, 1.82) is 0 Å². The summed E-state index contributed by atoms with van der Waals surface area (Å²) >= 11 is 0. The van der Waals surface area contributed by atoms with Crippen molar-refractivity contribution >= 4 is 5.91 Å². The van der Waals surface area contributed by atoms with Crippen LogP contribution in [0.4, 0.5) is 0 Å². The van der Waals surface area contributed by atoms with E-state index in [1.54, 1.807) is 12.1 Å². The Kier molecular flexibility index (Phi) is 3.29. The summed E-state index contributed by atoms with van der Waals surface area (Å²) in [6.07, 6.45) is 2.53. The fourth-order valence-electron chi connectivity index (χ4n) is 1.97. The monoisotopic (exact) mass is 223 g/mol. The minimum Gasteiger partial charge on any atom is -0.459 e. The summed E-state index contributed by atoms with van der Waals surface area (Å²) in [6.45, 7) is 5.29. The van der Waals surface area contributed by atoms with E-state index >= 15 is 0 Å². The first kappa shape index (κ1) is 11.2. The van der Waals surface area contributed by atoms with E-state index in [0.29, 0.717) is 18.9 Å². The molecule has 0 radical (unpaired) electrons. The second-order valence-corrected chi connectivity index (χ2v) is 4.14. The van der Waals surface area contributed by atoms with Gasteiger partial charge in [0.2, 0.25) is 0 Å². The Bertz CT molecular complexity index is 347. The number of nitrogens with zero attached hydrogens (tertiary/aromatic N) is 1. The number of rotatable bonds is 2. The smallest absolute Gasteiger partial charge is 0.289 e. The van der Waals surface area contributed by atoms with Crippen molar-refractivity contribution in [2.24, 2.45) is 0 Å². The molecule has 0 aromatic carbocycles. The lowest BCUT2D eigenvalue weighted by atomic mass is 10.1. The van der Waals surface area contributed by atoms with E-state index < -0.39 is 0 Å². The average Bonchev–Trinajstić information content (AvgIpc) is 2.81. The Balaban J connectivity index is 2.13. The van der Waals surface area contributed by atoms with E-state index in [0.717, 1.165) is 6.42 Å². The van der Waals surface area contributed by atoms with Crippen LogP contribution < -0.4 is 0 Å². The number of carbonyl (C=O) groups excluding carboxylic acids is 1. The molecular formula is C12H17NO3. The number of hydrogen-bond acceptors (Lipinski definition) is 3. The Morgan fingerprint density at radius 1 is 1.62 bits per heavy atom. The van der Waals surface area contributed by atoms with Crippen LogP contribution in [-0.4, -0.2) is 36.1 Å². The highest BCUT2D eigenvalue weighted by Gasteiger charge is 2.30. The Morgan fingerprint density at radius 3 is 3.06 bits per heavy atom. The van der Waals surface area contributed by atoms with Crippen molar-refractivity contribution in [3.63, 3.8) is 0 Å². The van der Waals surface area contributed by atoms with Crippen LogP contribution in [0.15, 0.2) is 22.8 Å². The molecule has 1 aliphatic rings.